The molecule has 1 N–H and O–H groups in total. The van der Waals surface area contributed by atoms with Gasteiger partial charge in [-0.1, -0.05) is 6.92 Å². The number of aliphatic imine (C=N–C) groups is 1. The highest BCUT2D eigenvalue weighted by atomic mass is 127. The molecule has 5 heteroatoms. The van der Waals surface area contributed by atoms with Gasteiger partial charge in [0.1, 0.15) is 0 Å². The Morgan fingerprint density at radius 2 is 2.20 bits per heavy atom. The quantitative estimate of drug-likeness (QED) is 0.759. The first kappa shape index (κ1) is 16.1. The summed E-state index contributed by atoms with van der Waals surface area (Å²) < 4.78 is 0. The molecule has 2 aliphatic rings. The van der Waals surface area contributed by atoms with Crippen molar-refractivity contribution in [1.29, 1.82) is 0 Å². The van der Waals surface area contributed by atoms with E-state index in [4.69, 9.17) is 4.99 Å². The minimum atomic E-state index is 0. The largest absolute Gasteiger partial charge is 0.349 e. The molecule has 0 saturated carbocycles. The van der Waals surface area contributed by atoms with E-state index in [2.05, 4.69) is 43.1 Å². The number of hydrogen-bond acceptors (Lipinski definition) is 4. The molecule has 1 saturated heterocycles. The third kappa shape index (κ3) is 3.30. The molecule has 0 amide bonds. The van der Waals surface area contributed by atoms with Gasteiger partial charge in [0.2, 0.25) is 0 Å². The maximum Gasteiger partial charge on any atom is 0.194 e. The van der Waals surface area contributed by atoms with Crippen LogP contribution in [0.3, 0.4) is 0 Å². The lowest BCUT2D eigenvalue weighted by Gasteiger charge is -2.36. The van der Waals surface area contributed by atoms with Crippen LogP contribution in [0, 0.1) is 12.8 Å². The summed E-state index contributed by atoms with van der Waals surface area (Å²) in [6.07, 6.45) is 2.64. The Kier molecular flexibility index (Phi) is 5.34. The van der Waals surface area contributed by atoms with Gasteiger partial charge in [-0.3, -0.25) is 4.99 Å². The second-order valence-electron chi connectivity index (χ2n) is 5.97. The second kappa shape index (κ2) is 6.64. The van der Waals surface area contributed by atoms with Gasteiger partial charge in [0.15, 0.2) is 5.96 Å². The summed E-state index contributed by atoms with van der Waals surface area (Å²) in [6, 6.07) is 5.42. The van der Waals surface area contributed by atoms with Crippen molar-refractivity contribution in [2.75, 3.05) is 13.1 Å². The van der Waals surface area contributed by atoms with Gasteiger partial charge in [-0.2, -0.15) is 0 Å². The van der Waals surface area contributed by atoms with E-state index in [1.807, 2.05) is 11.3 Å². The lowest BCUT2D eigenvalue weighted by Crippen LogP contribution is -2.48. The van der Waals surface area contributed by atoms with E-state index >= 15 is 0 Å². The van der Waals surface area contributed by atoms with Crippen LogP contribution in [0.15, 0.2) is 17.1 Å². The average molecular weight is 405 g/mol. The number of nitrogens with one attached hydrogen (secondary N) is 1. The van der Waals surface area contributed by atoms with E-state index < -0.39 is 0 Å². The zero-order valence-corrected chi connectivity index (χ0v) is 15.6. The second-order valence-corrected chi connectivity index (χ2v) is 7.29. The number of halogens is 1. The summed E-state index contributed by atoms with van der Waals surface area (Å²) >= 11 is 1.87. The molecule has 0 aliphatic carbocycles. The number of nitrogens with zero attached hydrogens (tertiary/aromatic N) is 2. The molecule has 112 valence electrons. The monoisotopic (exact) mass is 405 g/mol. The molecule has 0 bridgehead atoms. The van der Waals surface area contributed by atoms with Gasteiger partial charge in [0, 0.05) is 16.3 Å². The van der Waals surface area contributed by atoms with Crippen molar-refractivity contribution in [2.24, 2.45) is 10.9 Å². The molecule has 1 fully saturated rings. The van der Waals surface area contributed by atoms with Crippen LogP contribution in [0.2, 0.25) is 0 Å². The molecule has 0 radical (unpaired) electrons. The summed E-state index contributed by atoms with van der Waals surface area (Å²) in [4.78, 5) is 9.99. The third-order valence-corrected chi connectivity index (χ3v) is 5.38. The van der Waals surface area contributed by atoms with Gasteiger partial charge >= 0.3 is 0 Å². The predicted molar refractivity (Wildman–Crippen MR) is 97.2 cm³/mol. The van der Waals surface area contributed by atoms with Crippen LogP contribution in [0.25, 0.3) is 0 Å². The number of rotatable bonds is 2. The minimum absolute atomic E-state index is 0. The van der Waals surface area contributed by atoms with Crippen molar-refractivity contribution in [3.05, 3.63) is 21.9 Å². The van der Waals surface area contributed by atoms with Crippen molar-refractivity contribution in [3.63, 3.8) is 0 Å². The zero-order valence-electron chi connectivity index (χ0n) is 12.4. The molecule has 3 unspecified atom stereocenters. The normalized spacial score (nSPS) is 26.6. The van der Waals surface area contributed by atoms with Crippen LogP contribution < -0.4 is 5.32 Å². The Bertz CT molecular complexity index is 485. The van der Waals surface area contributed by atoms with Crippen molar-refractivity contribution < 1.29 is 0 Å². The third-order valence-electron chi connectivity index (χ3n) is 4.20. The van der Waals surface area contributed by atoms with E-state index in [0.717, 1.165) is 25.0 Å². The Morgan fingerprint density at radius 3 is 2.90 bits per heavy atom. The maximum atomic E-state index is 4.72. The van der Waals surface area contributed by atoms with E-state index in [9.17, 15) is 0 Å². The van der Waals surface area contributed by atoms with E-state index in [1.165, 1.54) is 22.6 Å². The van der Waals surface area contributed by atoms with Crippen molar-refractivity contribution >= 4 is 41.3 Å². The molecule has 0 aromatic carbocycles. The molecule has 1 aromatic heterocycles. The molecule has 3 heterocycles. The highest BCUT2D eigenvalue weighted by molar-refractivity contribution is 14.0. The van der Waals surface area contributed by atoms with Crippen LogP contribution in [-0.4, -0.2) is 30.0 Å². The maximum absolute atomic E-state index is 4.72. The van der Waals surface area contributed by atoms with E-state index in [1.54, 1.807) is 0 Å². The fourth-order valence-electron chi connectivity index (χ4n) is 3.02. The molecule has 1 aromatic rings. The van der Waals surface area contributed by atoms with Gasteiger partial charge < -0.3 is 10.2 Å². The van der Waals surface area contributed by atoms with Gasteiger partial charge in [-0.25, -0.2) is 0 Å². The highest BCUT2D eigenvalue weighted by Gasteiger charge is 2.33. The number of thiophene rings is 1. The summed E-state index contributed by atoms with van der Waals surface area (Å²) in [5.74, 6) is 1.91. The number of guanidine groups is 1. The molecular weight excluding hydrogens is 381 g/mol. The first-order valence-corrected chi connectivity index (χ1v) is 8.09. The summed E-state index contributed by atoms with van der Waals surface area (Å²) in [5.41, 5.74) is 0. The molecule has 3 nitrogen and oxygen atoms in total. The van der Waals surface area contributed by atoms with E-state index in [0.29, 0.717) is 12.1 Å². The van der Waals surface area contributed by atoms with Crippen LogP contribution in [0.5, 0.6) is 0 Å². The topological polar surface area (TPSA) is 27.6 Å². The first-order valence-electron chi connectivity index (χ1n) is 7.27. The predicted octanol–water partition coefficient (Wildman–Crippen LogP) is 3.80. The van der Waals surface area contributed by atoms with Gasteiger partial charge in [0.25, 0.3) is 0 Å². The van der Waals surface area contributed by atoms with Crippen LogP contribution >= 0.6 is 35.3 Å². The van der Waals surface area contributed by atoms with Gasteiger partial charge in [-0.05, 0) is 44.7 Å². The molecule has 3 atom stereocenters. The zero-order chi connectivity index (χ0) is 13.4. The average Bonchev–Trinajstić information content (AvgIpc) is 2.97. The van der Waals surface area contributed by atoms with Crippen LogP contribution in [-0.2, 0) is 0 Å². The SMILES string of the molecule is Cc1ccc(C(C)NC2=NCC3CCC(C)CN23)s1.I. The van der Waals surface area contributed by atoms with Crippen molar-refractivity contribution in [3.8, 4) is 0 Å². The Hall–Kier alpha value is -0.300. The Balaban J connectivity index is 0.00000147. The van der Waals surface area contributed by atoms with Crippen molar-refractivity contribution in [1.82, 2.24) is 10.2 Å². The van der Waals surface area contributed by atoms with Crippen LogP contribution in [0.1, 0.15) is 42.5 Å². The highest BCUT2D eigenvalue weighted by Crippen LogP contribution is 2.27. The van der Waals surface area contributed by atoms with E-state index in [-0.39, 0.29) is 24.0 Å². The summed E-state index contributed by atoms with van der Waals surface area (Å²) in [6.45, 7) is 8.88. The number of hydrogen-bond donors (Lipinski definition) is 1. The fraction of sp³-hybridized carbons (Fsp3) is 0.667. The minimum Gasteiger partial charge on any atom is -0.349 e. The van der Waals surface area contributed by atoms with Crippen molar-refractivity contribution in [2.45, 2.75) is 45.7 Å². The molecule has 0 spiro atoms. The summed E-state index contributed by atoms with van der Waals surface area (Å²) in [5, 5.41) is 3.61. The smallest absolute Gasteiger partial charge is 0.194 e. The first-order chi connectivity index (χ1) is 9.13. The van der Waals surface area contributed by atoms with Crippen LogP contribution in [0.4, 0.5) is 0 Å². The molecular formula is C15H24IN3S. The Labute approximate surface area is 142 Å². The number of piperidine rings is 1. The summed E-state index contributed by atoms with van der Waals surface area (Å²) in [7, 11) is 0. The van der Waals surface area contributed by atoms with Gasteiger partial charge in [0.05, 0.1) is 18.6 Å². The lowest BCUT2D eigenvalue weighted by atomic mass is 9.95. The Morgan fingerprint density at radius 1 is 1.40 bits per heavy atom. The standard InChI is InChI=1S/C15H23N3S.HI/c1-10-4-6-13-8-16-15(18(13)9-10)17-12(3)14-7-5-11(2)19-14;/h5,7,10,12-13H,4,6,8-9H2,1-3H3,(H,16,17);1H. The molecule has 20 heavy (non-hydrogen) atoms. The van der Waals surface area contributed by atoms with Gasteiger partial charge in [-0.15, -0.1) is 35.3 Å². The number of aryl methyl sites for hydroxylation is 1. The lowest BCUT2D eigenvalue weighted by molar-refractivity contribution is 0.210. The fourth-order valence-corrected chi connectivity index (χ4v) is 3.90. The number of fused-ring (bicyclic) bond motifs is 1. The molecule has 3 rings (SSSR count). The molecule has 2 aliphatic heterocycles.